The second kappa shape index (κ2) is 8.34. The van der Waals surface area contributed by atoms with Crippen molar-refractivity contribution >= 4 is 11.7 Å². The molecule has 0 aliphatic carbocycles. The number of nitrogens with zero attached hydrogens (tertiary/aromatic N) is 9. The average molecular weight is 436 g/mol. The summed E-state index contributed by atoms with van der Waals surface area (Å²) in [6, 6.07) is 2.08. The Bertz CT molecular complexity index is 1130. The van der Waals surface area contributed by atoms with Gasteiger partial charge in [0.1, 0.15) is 5.69 Å². The molecule has 0 bridgehead atoms. The molecule has 5 rings (SSSR count). The Kier molecular flexibility index (Phi) is 5.38. The molecule has 2 aliphatic rings. The summed E-state index contributed by atoms with van der Waals surface area (Å²) in [6.45, 7) is 7.40. The summed E-state index contributed by atoms with van der Waals surface area (Å²) in [4.78, 5) is 28.6. The number of fused-ring (bicyclic) bond motifs is 1. The maximum Gasteiger partial charge on any atom is 0.219 e. The SMILES string of the molecule is CC(=O)N1CCc2nc(N3CCN(Cc4ccnn4C)CC3)c(-c3cnn(C)c3)nc2C1. The van der Waals surface area contributed by atoms with Crippen molar-refractivity contribution < 1.29 is 4.79 Å². The van der Waals surface area contributed by atoms with E-state index in [1.807, 2.05) is 42.3 Å². The highest BCUT2D eigenvalue weighted by Crippen LogP contribution is 2.31. The van der Waals surface area contributed by atoms with Gasteiger partial charge in [-0.25, -0.2) is 9.97 Å². The van der Waals surface area contributed by atoms with Gasteiger partial charge in [0.05, 0.1) is 29.8 Å². The molecular weight excluding hydrogens is 406 g/mol. The smallest absolute Gasteiger partial charge is 0.219 e. The van der Waals surface area contributed by atoms with Crippen molar-refractivity contribution in [1.82, 2.24) is 39.3 Å². The van der Waals surface area contributed by atoms with Crippen molar-refractivity contribution in [1.29, 1.82) is 0 Å². The predicted octanol–water partition coefficient (Wildman–Crippen LogP) is 0.837. The van der Waals surface area contributed by atoms with E-state index in [1.54, 1.807) is 11.6 Å². The number of hydrogen-bond donors (Lipinski definition) is 0. The van der Waals surface area contributed by atoms with Gasteiger partial charge in [-0.2, -0.15) is 10.2 Å². The lowest BCUT2D eigenvalue weighted by Gasteiger charge is -2.36. The summed E-state index contributed by atoms with van der Waals surface area (Å²) in [7, 11) is 3.89. The van der Waals surface area contributed by atoms with Crippen LogP contribution in [0.5, 0.6) is 0 Å². The first-order chi connectivity index (χ1) is 15.5. The molecule has 3 aromatic heterocycles. The van der Waals surface area contributed by atoms with Gasteiger partial charge in [0, 0.05) is 84.7 Å². The molecule has 168 valence electrons. The van der Waals surface area contributed by atoms with E-state index < -0.39 is 0 Å². The van der Waals surface area contributed by atoms with Gasteiger partial charge in [0.25, 0.3) is 0 Å². The van der Waals surface area contributed by atoms with E-state index >= 15 is 0 Å². The summed E-state index contributed by atoms with van der Waals surface area (Å²) in [5.41, 5.74) is 4.92. The van der Waals surface area contributed by atoms with Crippen molar-refractivity contribution in [3.05, 3.63) is 41.7 Å². The van der Waals surface area contributed by atoms with Gasteiger partial charge in [-0.15, -0.1) is 0 Å². The highest BCUT2D eigenvalue weighted by Gasteiger charge is 2.27. The Labute approximate surface area is 187 Å². The lowest BCUT2D eigenvalue weighted by atomic mass is 10.1. The quantitative estimate of drug-likeness (QED) is 0.600. The molecule has 1 saturated heterocycles. The molecule has 2 aliphatic heterocycles. The number of carbonyl (C=O) groups excluding carboxylic acids is 1. The Morgan fingerprint density at radius 3 is 2.50 bits per heavy atom. The largest absolute Gasteiger partial charge is 0.352 e. The van der Waals surface area contributed by atoms with E-state index in [9.17, 15) is 4.79 Å². The van der Waals surface area contributed by atoms with Crippen LogP contribution in [0.3, 0.4) is 0 Å². The van der Waals surface area contributed by atoms with Crippen LogP contribution in [0.25, 0.3) is 11.3 Å². The van der Waals surface area contributed by atoms with Crippen LogP contribution in [0, 0.1) is 0 Å². The molecule has 3 aromatic rings. The van der Waals surface area contributed by atoms with Gasteiger partial charge in [-0.05, 0) is 6.07 Å². The molecule has 32 heavy (non-hydrogen) atoms. The number of rotatable bonds is 4. The number of hydrogen-bond acceptors (Lipinski definition) is 7. The van der Waals surface area contributed by atoms with Gasteiger partial charge in [-0.1, -0.05) is 0 Å². The molecule has 10 heteroatoms. The minimum absolute atomic E-state index is 0.0778. The third-order valence-corrected chi connectivity index (χ3v) is 6.40. The van der Waals surface area contributed by atoms with Gasteiger partial charge < -0.3 is 9.80 Å². The van der Waals surface area contributed by atoms with Crippen molar-refractivity contribution in [2.24, 2.45) is 14.1 Å². The monoisotopic (exact) mass is 435 g/mol. The Hall–Kier alpha value is -3.27. The number of amides is 1. The zero-order chi connectivity index (χ0) is 22.2. The lowest BCUT2D eigenvalue weighted by Crippen LogP contribution is -2.47. The summed E-state index contributed by atoms with van der Waals surface area (Å²) in [5, 5.41) is 8.62. The number of carbonyl (C=O) groups is 1. The second-order valence-electron chi connectivity index (χ2n) is 8.59. The zero-order valence-electron chi connectivity index (χ0n) is 18.9. The standard InChI is InChI=1S/C22H29N9O/c1-16(32)31-7-5-19-20(15-31)25-21(17-12-24-27(2)13-17)22(26-19)30-10-8-29(9-11-30)14-18-4-6-23-28(18)3/h4,6,12-13H,5,7-11,14-15H2,1-3H3. The molecule has 5 heterocycles. The van der Waals surface area contributed by atoms with Gasteiger partial charge in [0.15, 0.2) is 5.82 Å². The minimum atomic E-state index is 0.0778. The molecular formula is C22H29N9O. The van der Waals surface area contributed by atoms with Crippen LogP contribution in [-0.2, 0) is 38.4 Å². The number of aryl methyl sites for hydroxylation is 2. The van der Waals surface area contributed by atoms with E-state index in [2.05, 4.69) is 26.1 Å². The molecule has 0 radical (unpaired) electrons. The summed E-state index contributed by atoms with van der Waals surface area (Å²) in [6.07, 6.45) is 6.40. The molecule has 0 aromatic carbocycles. The molecule has 0 saturated carbocycles. The van der Waals surface area contributed by atoms with Crippen LogP contribution in [0.4, 0.5) is 5.82 Å². The third-order valence-electron chi connectivity index (χ3n) is 6.40. The fourth-order valence-corrected chi connectivity index (χ4v) is 4.45. The Morgan fingerprint density at radius 1 is 1.03 bits per heavy atom. The van der Waals surface area contributed by atoms with Gasteiger partial charge in [-0.3, -0.25) is 19.1 Å². The summed E-state index contributed by atoms with van der Waals surface area (Å²) < 4.78 is 3.72. The van der Waals surface area contributed by atoms with E-state index in [0.717, 1.165) is 67.6 Å². The van der Waals surface area contributed by atoms with E-state index in [-0.39, 0.29) is 5.91 Å². The van der Waals surface area contributed by atoms with Crippen LogP contribution >= 0.6 is 0 Å². The lowest BCUT2D eigenvalue weighted by molar-refractivity contribution is -0.129. The molecule has 0 N–H and O–H groups in total. The predicted molar refractivity (Wildman–Crippen MR) is 120 cm³/mol. The van der Waals surface area contributed by atoms with Gasteiger partial charge >= 0.3 is 0 Å². The summed E-state index contributed by atoms with van der Waals surface area (Å²) in [5.74, 6) is 1.00. The van der Waals surface area contributed by atoms with Crippen molar-refractivity contribution in [3.63, 3.8) is 0 Å². The van der Waals surface area contributed by atoms with Crippen LogP contribution in [0.1, 0.15) is 24.0 Å². The highest BCUT2D eigenvalue weighted by atomic mass is 16.2. The third kappa shape index (κ3) is 3.97. The molecule has 0 atom stereocenters. The Morgan fingerprint density at radius 2 is 1.84 bits per heavy atom. The molecule has 1 amide bonds. The highest BCUT2D eigenvalue weighted by molar-refractivity contribution is 5.74. The van der Waals surface area contributed by atoms with E-state index in [0.29, 0.717) is 13.1 Å². The van der Waals surface area contributed by atoms with Crippen LogP contribution in [0.15, 0.2) is 24.7 Å². The summed E-state index contributed by atoms with van der Waals surface area (Å²) >= 11 is 0. The molecule has 1 fully saturated rings. The van der Waals surface area contributed by atoms with Gasteiger partial charge in [0.2, 0.25) is 5.91 Å². The first-order valence-corrected chi connectivity index (χ1v) is 11.1. The maximum absolute atomic E-state index is 11.9. The van der Waals surface area contributed by atoms with Crippen LogP contribution < -0.4 is 4.90 Å². The zero-order valence-corrected chi connectivity index (χ0v) is 18.9. The van der Waals surface area contributed by atoms with Crippen molar-refractivity contribution in [2.45, 2.75) is 26.4 Å². The normalized spacial score (nSPS) is 17.0. The fraction of sp³-hybridized carbons (Fsp3) is 0.500. The first kappa shape index (κ1) is 20.6. The second-order valence-corrected chi connectivity index (χ2v) is 8.59. The topological polar surface area (TPSA) is 88.2 Å². The van der Waals surface area contributed by atoms with E-state index in [1.165, 1.54) is 5.69 Å². The molecule has 10 nitrogen and oxygen atoms in total. The number of anilines is 1. The average Bonchev–Trinajstić information content (AvgIpc) is 3.41. The molecule has 0 spiro atoms. The van der Waals surface area contributed by atoms with Crippen molar-refractivity contribution in [3.8, 4) is 11.3 Å². The van der Waals surface area contributed by atoms with Crippen LogP contribution in [0.2, 0.25) is 0 Å². The minimum Gasteiger partial charge on any atom is -0.352 e. The molecule has 0 unspecified atom stereocenters. The fourth-order valence-electron chi connectivity index (χ4n) is 4.45. The first-order valence-electron chi connectivity index (χ1n) is 11.1. The van der Waals surface area contributed by atoms with Crippen LogP contribution in [-0.4, -0.2) is 78.0 Å². The van der Waals surface area contributed by atoms with E-state index in [4.69, 9.17) is 9.97 Å². The van der Waals surface area contributed by atoms with Crippen molar-refractivity contribution in [2.75, 3.05) is 37.6 Å². The number of aromatic nitrogens is 6. The number of piperazine rings is 1. The maximum atomic E-state index is 11.9. The Balaban J connectivity index is 1.41.